The molecule has 0 unspecified atom stereocenters. The second-order valence-corrected chi connectivity index (χ2v) is 7.43. The van der Waals surface area contributed by atoms with Crippen molar-refractivity contribution in [2.45, 2.75) is 19.8 Å². The van der Waals surface area contributed by atoms with Crippen molar-refractivity contribution in [1.82, 2.24) is 9.97 Å². The average molecular weight is 440 g/mol. The highest BCUT2D eigenvalue weighted by Crippen LogP contribution is 2.37. The van der Waals surface area contributed by atoms with Crippen molar-refractivity contribution in [2.24, 2.45) is 10.9 Å². The largest absolute Gasteiger partial charge is 0.466 e. The number of piperidine rings is 1. The molecule has 1 saturated heterocycles. The van der Waals surface area contributed by atoms with E-state index < -0.39 is 4.92 Å². The summed E-state index contributed by atoms with van der Waals surface area (Å²) >= 11 is 0. The van der Waals surface area contributed by atoms with E-state index in [0.29, 0.717) is 38.3 Å². The SMILES string of the molecule is CCOC(=O)C1CCN(c2ncnc(Oc3ccc(N4C=NCC4)cc3)c2[N+](=O)[O-])CC1. The minimum absolute atomic E-state index is 0.122. The zero-order chi connectivity index (χ0) is 22.5. The van der Waals surface area contributed by atoms with Crippen LogP contribution in [0.4, 0.5) is 17.2 Å². The molecule has 1 fully saturated rings. The van der Waals surface area contributed by atoms with E-state index in [2.05, 4.69) is 15.0 Å². The lowest BCUT2D eigenvalue weighted by Crippen LogP contribution is -2.37. The maximum Gasteiger partial charge on any atom is 0.373 e. The van der Waals surface area contributed by atoms with Gasteiger partial charge in [0, 0.05) is 25.3 Å². The maximum atomic E-state index is 12.0. The molecule has 0 saturated carbocycles. The molecule has 0 atom stereocenters. The molecule has 4 rings (SSSR count). The van der Waals surface area contributed by atoms with E-state index in [0.717, 1.165) is 18.8 Å². The molecule has 0 radical (unpaired) electrons. The van der Waals surface area contributed by atoms with Gasteiger partial charge in [-0.05, 0) is 44.0 Å². The highest BCUT2D eigenvalue weighted by molar-refractivity contribution is 5.81. The molecule has 168 valence electrons. The third-order valence-corrected chi connectivity index (χ3v) is 5.44. The van der Waals surface area contributed by atoms with Gasteiger partial charge in [-0.25, -0.2) is 4.98 Å². The van der Waals surface area contributed by atoms with Crippen LogP contribution in [0.25, 0.3) is 0 Å². The van der Waals surface area contributed by atoms with E-state index in [1.807, 2.05) is 17.0 Å². The second kappa shape index (κ2) is 9.58. The normalized spacial score (nSPS) is 16.3. The van der Waals surface area contributed by atoms with Crippen LogP contribution in [0.5, 0.6) is 11.6 Å². The van der Waals surface area contributed by atoms with Gasteiger partial charge in [0.05, 0.1) is 30.3 Å². The number of ether oxygens (including phenoxy) is 2. The Bertz CT molecular complexity index is 1000. The molecule has 1 aromatic heterocycles. The lowest BCUT2D eigenvalue weighted by atomic mass is 9.97. The molecule has 32 heavy (non-hydrogen) atoms. The number of anilines is 2. The summed E-state index contributed by atoms with van der Waals surface area (Å²) in [7, 11) is 0. The van der Waals surface area contributed by atoms with Crippen molar-refractivity contribution in [3.8, 4) is 11.6 Å². The molecule has 2 aromatic rings. The standard InChI is InChI=1S/C21H24N6O5/c1-2-31-21(28)15-7-10-25(11-8-15)19-18(27(29)30)20(24-13-23-19)32-17-5-3-16(4-6-17)26-12-9-22-14-26/h3-6,13-15H,2,7-12H2,1H3. The van der Waals surface area contributed by atoms with E-state index in [9.17, 15) is 14.9 Å². The fourth-order valence-corrected chi connectivity index (χ4v) is 3.80. The fourth-order valence-electron chi connectivity index (χ4n) is 3.80. The Morgan fingerprint density at radius 1 is 1.19 bits per heavy atom. The smallest absolute Gasteiger partial charge is 0.373 e. The van der Waals surface area contributed by atoms with Crippen LogP contribution in [0.15, 0.2) is 35.6 Å². The zero-order valence-electron chi connectivity index (χ0n) is 17.7. The average Bonchev–Trinajstić information content (AvgIpc) is 3.34. The van der Waals surface area contributed by atoms with Gasteiger partial charge in [-0.2, -0.15) is 4.98 Å². The first-order valence-corrected chi connectivity index (χ1v) is 10.5. The van der Waals surface area contributed by atoms with Crippen LogP contribution in [-0.4, -0.2) is 60.0 Å². The number of nitro groups is 1. The molecular formula is C21H24N6O5. The van der Waals surface area contributed by atoms with E-state index >= 15 is 0 Å². The van der Waals surface area contributed by atoms with Crippen molar-refractivity contribution < 1.29 is 19.2 Å². The van der Waals surface area contributed by atoms with Gasteiger partial charge in [-0.1, -0.05) is 0 Å². The summed E-state index contributed by atoms with van der Waals surface area (Å²) in [5.41, 5.74) is 0.666. The molecule has 0 spiro atoms. The Kier molecular flexibility index (Phi) is 6.43. The predicted octanol–water partition coefficient (Wildman–Crippen LogP) is 2.80. The summed E-state index contributed by atoms with van der Waals surface area (Å²) in [6.07, 6.45) is 4.11. The highest BCUT2D eigenvalue weighted by Gasteiger charge is 2.33. The highest BCUT2D eigenvalue weighted by atomic mass is 16.6. The molecule has 2 aliphatic rings. The quantitative estimate of drug-likeness (QED) is 0.363. The molecule has 0 aliphatic carbocycles. The lowest BCUT2D eigenvalue weighted by molar-refractivity contribution is -0.385. The molecule has 3 heterocycles. The number of nitrogens with zero attached hydrogens (tertiary/aromatic N) is 6. The van der Waals surface area contributed by atoms with E-state index in [1.54, 1.807) is 30.3 Å². The topological polar surface area (TPSA) is 123 Å². The van der Waals surface area contributed by atoms with Gasteiger partial charge in [0.25, 0.3) is 0 Å². The molecule has 11 heteroatoms. The molecular weight excluding hydrogens is 416 g/mol. The Balaban J connectivity index is 1.51. The minimum Gasteiger partial charge on any atom is -0.466 e. The van der Waals surface area contributed by atoms with E-state index in [-0.39, 0.29) is 29.3 Å². The van der Waals surface area contributed by atoms with Crippen LogP contribution in [0.3, 0.4) is 0 Å². The van der Waals surface area contributed by atoms with Gasteiger partial charge in [0.2, 0.25) is 5.82 Å². The monoisotopic (exact) mass is 440 g/mol. The fraction of sp³-hybridized carbons (Fsp3) is 0.429. The number of hydrogen-bond donors (Lipinski definition) is 0. The van der Waals surface area contributed by atoms with Crippen molar-refractivity contribution in [3.63, 3.8) is 0 Å². The van der Waals surface area contributed by atoms with Crippen LogP contribution >= 0.6 is 0 Å². The number of benzene rings is 1. The van der Waals surface area contributed by atoms with Gasteiger partial charge in [0.1, 0.15) is 12.1 Å². The first-order chi connectivity index (χ1) is 15.6. The van der Waals surface area contributed by atoms with Crippen LogP contribution in [0.1, 0.15) is 19.8 Å². The zero-order valence-corrected chi connectivity index (χ0v) is 17.7. The summed E-state index contributed by atoms with van der Waals surface area (Å²) in [6, 6.07) is 7.19. The Morgan fingerprint density at radius 2 is 1.94 bits per heavy atom. The summed E-state index contributed by atoms with van der Waals surface area (Å²) in [6.45, 7) is 4.58. The molecule has 1 aromatic carbocycles. The van der Waals surface area contributed by atoms with Gasteiger partial charge < -0.3 is 19.3 Å². The minimum atomic E-state index is -0.531. The number of carbonyl (C=O) groups excluding carboxylic acids is 1. The molecule has 2 aliphatic heterocycles. The first-order valence-electron chi connectivity index (χ1n) is 10.5. The lowest BCUT2D eigenvalue weighted by Gasteiger charge is -2.31. The number of hydrogen-bond acceptors (Lipinski definition) is 10. The van der Waals surface area contributed by atoms with Crippen molar-refractivity contribution >= 4 is 29.5 Å². The molecule has 0 amide bonds. The third kappa shape index (κ3) is 4.61. The van der Waals surface area contributed by atoms with E-state index in [4.69, 9.17) is 9.47 Å². The number of rotatable bonds is 7. The Morgan fingerprint density at radius 3 is 2.56 bits per heavy atom. The van der Waals surface area contributed by atoms with Crippen LogP contribution in [-0.2, 0) is 9.53 Å². The summed E-state index contributed by atoms with van der Waals surface area (Å²) in [5, 5.41) is 11.9. The van der Waals surface area contributed by atoms with Crippen LogP contribution in [0, 0.1) is 16.0 Å². The summed E-state index contributed by atoms with van der Waals surface area (Å²) in [4.78, 5) is 39.5. The Hall–Kier alpha value is -3.76. The first kappa shape index (κ1) is 21.5. The number of aliphatic imine (C=N–C) groups is 1. The van der Waals surface area contributed by atoms with E-state index in [1.165, 1.54) is 6.33 Å². The van der Waals surface area contributed by atoms with Gasteiger partial charge in [-0.3, -0.25) is 19.9 Å². The van der Waals surface area contributed by atoms with Gasteiger partial charge in [-0.15, -0.1) is 0 Å². The van der Waals surface area contributed by atoms with Crippen molar-refractivity contribution in [3.05, 3.63) is 40.7 Å². The predicted molar refractivity (Wildman–Crippen MR) is 117 cm³/mol. The summed E-state index contributed by atoms with van der Waals surface area (Å²) in [5.74, 6) is 0.0628. The third-order valence-electron chi connectivity index (χ3n) is 5.44. The number of aromatic nitrogens is 2. The van der Waals surface area contributed by atoms with Crippen LogP contribution in [0.2, 0.25) is 0 Å². The van der Waals surface area contributed by atoms with Crippen LogP contribution < -0.4 is 14.5 Å². The van der Waals surface area contributed by atoms with Crippen molar-refractivity contribution in [1.29, 1.82) is 0 Å². The maximum absolute atomic E-state index is 12.0. The summed E-state index contributed by atoms with van der Waals surface area (Å²) < 4.78 is 10.9. The van der Waals surface area contributed by atoms with Crippen molar-refractivity contribution in [2.75, 3.05) is 42.6 Å². The molecule has 0 N–H and O–H groups in total. The molecule has 0 bridgehead atoms. The Labute approximate surface area is 184 Å². The number of esters is 1. The number of carbonyl (C=O) groups is 1. The molecule has 11 nitrogen and oxygen atoms in total. The second-order valence-electron chi connectivity index (χ2n) is 7.43. The van der Waals surface area contributed by atoms with Gasteiger partial charge in [0.15, 0.2) is 0 Å². The van der Waals surface area contributed by atoms with Gasteiger partial charge >= 0.3 is 17.5 Å².